The quantitative estimate of drug-likeness (QED) is 0.299. The van der Waals surface area contributed by atoms with Gasteiger partial charge in [-0.15, -0.1) is 0 Å². The van der Waals surface area contributed by atoms with Crippen molar-refractivity contribution in [3.8, 4) is 0 Å². The molecule has 0 unspecified atom stereocenters. The summed E-state index contributed by atoms with van der Waals surface area (Å²) in [7, 11) is 2.37. The van der Waals surface area contributed by atoms with Crippen LogP contribution in [0.3, 0.4) is 0 Å². The van der Waals surface area contributed by atoms with E-state index in [-0.39, 0.29) is 0 Å². The van der Waals surface area contributed by atoms with Gasteiger partial charge in [-0.2, -0.15) is 0 Å². The summed E-state index contributed by atoms with van der Waals surface area (Å²) in [4.78, 5) is 10.0. The lowest BCUT2D eigenvalue weighted by molar-refractivity contribution is -0.880. The van der Waals surface area contributed by atoms with Crippen LogP contribution in [0.15, 0.2) is 0 Å². The van der Waals surface area contributed by atoms with E-state index in [1.807, 2.05) is 0 Å². The maximum Gasteiger partial charge on any atom is 0.0768 e. The number of nitrogens with one attached hydrogen (secondary N) is 1. The molecule has 0 aliphatic rings. The lowest BCUT2D eigenvalue weighted by Crippen LogP contribution is -3.09. The Morgan fingerprint density at radius 2 is 0.955 bits per heavy atom. The molecule has 0 bridgehead atoms. The monoisotopic (exact) mass is 318 g/mol. The Labute approximate surface area is 137 Å². The summed E-state index contributed by atoms with van der Waals surface area (Å²) in [6, 6.07) is 0. The summed E-state index contributed by atoms with van der Waals surface area (Å²) in [5.41, 5.74) is 0. The predicted molar refractivity (Wildman–Crippen MR) is 93.7 cm³/mol. The van der Waals surface area contributed by atoms with Crippen LogP contribution in [0.25, 0.3) is 0 Å². The van der Waals surface area contributed by atoms with E-state index in [9.17, 15) is 0 Å². The molecule has 0 aliphatic heterocycles. The summed E-state index contributed by atoms with van der Waals surface area (Å²) in [5, 5.41) is 14.8. The third-order valence-electron chi connectivity index (χ3n) is 3.91. The maximum absolute atomic E-state index is 8.25. The molecular weight excluding hydrogens is 280 g/mol. The van der Waals surface area contributed by atoms with Crippen LogP contribution in [0.4, 0.5) is 0 Å². The average molecular weight is 319 g/mol. The van der Waals surface area contributed by atoms with Crippen molar-refractivity contribution in [2.45, 2.75) is 90.9 Å². The van der Waals surface area contributed by atoms with Crippen LogP contribution in [0.5, 0.6) is 0 Å². The maximum atomic E-state index is 8.25. The van der Waals surface area contributed by atoms with Gasteiger partial charge in [-0.3, -0.25) is 0 Å². The van der Waals surface area contributed by atoms with Crippen LogP contribution in [0.2, 0.25) is 0 Å². The van der Waals surface area contributed by atoms with Gasteiger partial charge in [-0.25, -0.2) is 0 Å². The lowest BCUT2D eigenvalue weighted by atomic mass is 10.1. The van der Waals surface area contributed by atoms with Gasteiger partial charge in [0, 0.05) is 0 Å². The Bertz CT molecular complexity index is 206. The highest BCUT2D eigenvalue weighted by Gasteiger charge is 2.01. The molecule has 5 heteroatoms. The molecule has 1 N–H and O–H groups in total. The van der Waals surface area contributed by atoms with Gasteiger partial charge in [0.2, 0.25) is 0 Å². The molecule has 22 heavy (non-hydrogen) atoms. The molecule has 0 rings (SSSR count). The lowest BCUT2D eigenvalue weighted by Gasteiger charge is -2.13. The summed E-state index contributed by atoms with van der Waals surface area (Å²) in [6.45, 7) is 7.36. The smallest absolute Gasteiger partial charge is 0.0768 e. The van der Waals surface area contributed by atoms with Gasteiger partial charge in [0.05, 0.1) is 25.2 Å². The molecule has 0 aromatic heterocycles. The topological polar surface area (TPSA) is 70.6 Å². The molecule has 134 valence electrons. The Morgan fingerprint density at radius 3 is 1.27 bits per heavy atom. The number of hydrogen-bond acceptors (Lipinski definition) is 3. The summed E-state index contributed by atoms with van der Waals surface area (Å²) in [5.74, 6) is 0. The fourth-order valence-corrected chi connectivity index (χ4v) is 2.54. The SMILES string of the molecule is CCCCCCCC[NH+](C)CCCCCCCC.O=[N+]([O-])[O-]. The number of nitrogens with zero attached hydrogens (tertiary/aromatic N) is 1. The van der Waals surface area contributed by atoms with E-state index in [4.69, 9.17) is 15.3 Å². The minimum absolute atomic E-state index is 1.36. The molecule has 0 amide bonds. The summed E-state index contributed by atoms with van der Waals surface area (Å²) in [6.07, 6.45) is 17.2. The molecule has 0 aromatic rings. The molecule has 0 aliphatic carbocycles. The zero-order chi connectivity index (χ0) is 17.1. The highest BCUT2D eigenvalue weighted by Crippen LogP contribution is 2.04. The standard InChI is InChI=1S/C17H37N.NO3/c1-4-6-8-10-12-14-16-18(3)17-15-13-11-9-7-5-2;2-1(3)4/h4-17H2,1-3H3;/q;-1/p+1. The second-order valence-electron chi connectivity index (χ2n) is 6.22. The molecule has 0 saturated carbocycles. The van der Waals surface area contributed by atoms with E-state index in [0.29, 0.717) is 0 Å². The molecule has 0 fully saturated rings. The first kappa shape index (κ1) is 23.4. The van der Waals surface area contributed by atoms with Gasteiger partial charge in [0.15, 0.2) is 0 Å². The largest absolute Gasteiger partial charge is 0.356 e. The Balaban J connectivity index is 0. The van der Waals surface area contributed by atoms with Gasteiger partial charge in [0.25, 0.3) is 0 Å². The summed E-state index contributed by atoms with van der Waals surface area (Å²) >= 11 is 0. The van der Waals surface area contributed by atoms with Crippen molar-refractivity contribution < 1.29 is 9.99 Å². The van der Waals surface area contributed by atoms with E-state index in [1.165, 1.54) is 90.1 Å². The van der Waals surface area contributed by atoms with Crippen molar-refractivity contribution in [2.24, 2.45) is 0 Å². The van der Waals surface area contributed by atoms with Crippen molar-refractivity contribution in [1.82, 2.24) is 0 Å². The normalized spacial score (nSPS) is 10.4. The molecule has 0 radical (unpaired) electrons. The van der Waals surface area contributed by atoms with Crippen LogP contribution in [0.1, 0.15) is 90.9 Å². The molecular formula is C17H38N2O3. The van der Waals surface area contributed by atoms with Crippen LogP contribution < -0.4 is 4.90 Å². The molecule has 0 atom stereocenters. The van der Waals surface area contributed by atoms with Crippen molar-refractivity contribution in [2.75, 3.05) is 20.1 Å². The average Bonchev–Trinajstić information content (AvgIpc) is 2.46. The first-order chi connectivity index (χ1) is 10.5. The number of quaternary nitrogens is 1. The molecule has 0 aromatic carbocycles. The van der Waals surface area contributed by atoms with Gasteiger partial charge in [-0.1, -0.05) is 65.2 Å². The van der Waals surface area contributed by atoms with E-state index >= 15 is 0 Å². The number of unbranched alkanes of at least 4 members (excludes halogenated alkanes) is 10. The Morgan fingerprint density at radius 1 is 0.682 bits per heavy atom. The molecule has 0 saturated heterocycles. The van der Waals surface area contributed by atoms with Crippen LogP contribution >= 0.6 is 0 Å². The minimum Gasteiger partial charge on any atom is -0.356 e. The van der Waals surface area contributed by atoms with Crippen LogP contribution in [-0.2, 0) is 0 Å². The van der Waals surface area contributed by atoms with E-state index < -0.39 is 5.09 Å². The van der Waals surface area contributed by atoms with E-state index in [0.717, 1.165) is 0 Å². The van der Waals surface area contributed by atoms with Crippen molar-refractivity contribution in [1.29, 1.82) is 0 Å². The summed E-state index contributed by atoms with van der Waals surface area (Å²) < 4.78 is 0. The zero-order valence-electron chi connectivity index (χ0n) is 15.1. The third-order valence-corrected chi connectivity index (χ3v) is 3.91. The fraction of sp³-hybridized carbons (Fsp3) is 1.00. The first-order valence-corrected chi connectivity index (χ1v) is 9.17. The van der Waals surface area contributed by atoms with Crippen LogP contribution in [0, 0.1) is 15.3 Å². The van der Waals surface area contributed by atoms with Crippen molar-refractivity contribution >= 4 is 0 Å². The highest BCUT2D eigenvalue weighted by atomic mass is 16.9. The zero-order valence-corrected chi connectivity index (χ0v) is 15.1. The number of rotatable bonds is 14. The van der Waals surface area contributed by atoms with E-state index in [2.05, 4.69) is 20.9 Å². The molecule has 0 spiro atoms. The van der Waals surface area contributed by atoms with Gasteiger partial charge >= 0.3 is 0 Å². The predicted octanol–water partition coefficient (Wildman–Crippen LogP) is 3.98. The van der Waals surface area contributed by atoms with Gasteiger partial charge < -0.3 is 20.2 Å². The van der Waals surface area contributed by atoms with Gasteiger partial charge in [0.1, 0.15) is 0 Å². The second-order valence-corrected chi connectivity index (χ2v) is 6.22. The first-order valence-electron chi connectivity index (χ1n) is 9.17. The fourth-order valence-electron chi connectivity index (χ4n) is 2.54. The Hall–Kier alpha value is -0.840. The number of hydrogen-bond donors (Lipinski definition) is 1. The second kappa shape index (κ2) is 20.2. The van der Waals surface area contributed by atoms with Gasteiger partial charge in [-0.05, 0) is 25.7 Å². The van der Waals surface area contributed by atoms with E-state index in [1.54, 1.807) is 4.90 Å². The highest BCUT2D eigenvalue weighted by molar-refractivity contribution is 4.44. The minimum atomic E-state index is -1.75. The Kier molecular flexibility index (Phi) is 21.5. The van der Waals surface area contributed by atoms with Crippen molar-refractivity contribution in [3.05, 3.63) is 15.3 Å². The molecule has 0 heterocycles. The molecule has 5 nitrogen and oxygen atoms in total. The van der Waals surface area contributed by atoms with Crippen LogP contribution in [-0.4, -0.2) is 25.2 Å². The van der Waals surface area contributed by atoms with Crippen molar-refractivity contribution in [3.63, 3.8) is 0 Å². The third kappa shape index (κ3) is 27.5.